The van der Waals surface area contributed by atoms with Gasteiger partial charge in [-0.05, 0) is 36.6 Å². The van der Waals surface area contributed by atoms with Crippen molar-refractivity contribution in [1.29, 1.82) is 0 Å². The second-order valence-electron chi connectivity index (χ2n) is 5.64. The fourth-order valence-electron chi connectivity index (χ4n) is 2.41. The lowest BCUT2D eigenvalue weighted by molar-refractivity contribution is 0.0956. The molecule has 5 nitrogen and oxygen atoms in total. The highest BCUT2D eigenvalue weighted by atomic mass is 32.2. The van der Waals surface area contributed by atoms with Crippen LogP contribution in [0.5, 0.6) is 0 Å². The smallest absolute Gasteiger partial charge is 0.251 e. The summed E-state index contributed by atoms with van der Waals surface area (Å²) in [6, 6.07) is 16.0. The topological polar surface area (TPSA) is 75.3 Å². The lowest BCUT2D eigenvalue weighted by Gasteiger charge is -2.14. The predicted octanol–water partition coefficient (Wildman–Crippen LogP) is 2.98. The van der Waals surface area contributed by atoms with E-state index in [1.165, 1.54) is 6.07 Å². The SMILES string of the molecule is CCNC(=O)c1cccc(NS(=O)(=O)C[C@@H](C)c2ccccc2)c1. The summed E-state index contributed by atoms with van der Waals surface area (Å²) in [6.45, 7) is 4.22. The summed E-state index contributed by atoms with van der Waals surface area (Å²) in [7, 11) is -3.52. The van der Waals surface area contributed by atoms with E-state index in [0.29, 0.717) is 17.8 Å². The van der Waals surface area contributed by atoms with E-state index in [-0.39, 0.29) is 17.6 Å². The molecular weight excluding hydrogens is 324 g/mol. The Balaban J connectivity index is 2.09. The second-order valence-corrected chi connectivity index (χ2v) is 7.40. The van der Waals surface area contributed by atoms with Crippen LogP contribution in [0, 0.1) is 0 Å². The molecule has 0 aliphatic heterocycles. The first-order valence-electron chi connectivity index (χ1n) is 7.85. The summed E-state index contributed by atoms with van der Waals surface area (Å²) in [4.78, 5) is 11.8. The van der Waals surface area contributed by atoms with Gasteiger partial charge in [-0.25, -0.2) is 8.42 Å². The van der Waals surface area contributed by atoms with Gasteiger partial charge < -0.3 is 5.32 Å². The minimum atomic E-state index is -3.52. The number of amides is 1. The number of carbonyl (C=O) groups excluding carboxylic acids is 1. The first kappa shape index (κ1) is 18.0. The second kappa shape index (κ2) is 7.97. The molecule has 0 heterocycles. The van der Waals surface area contributed by atoms with Crippen molar-refractivity contribution in [1.82, 2.24) is 5.32 Å². The summed E-state index contributed by atoms with van der Waals surface area (Å²) in [5, 5.41) is 2.69. The van der Waals surface area contributed by atoms with Crippen LogP contribution in [0.1, 0.15) is 35.7 Å². The van der Waals surface area contributed by atoms with Gasteiger partial charge >= 0.3 is 0 Å². The number of rotatable bonds is 7. The van der Waals surface area contributed by atoms with E-state index in [2.05, 4.69) is 10.0 Å². The average Bonchev–Trinajstić information content (AvgIpc) is 2.55. The normalized spacial score (nSPS) is 12.4. The van der Waals surface area contributed by atoms with E-state index < -0.39 is 10.0 Å². The average molecular weight is 346 g/mol. The molecule has 0 saturated heterocycles. The van der Waals surface area contributed by atoms with Crippen LogP contribution in [-0.2, 0) is 10.0 Å². The fraction of sp³-hybridized carbons (Fsp3) is 0.278. The van der Waals surface area contributed by atoms with Gasteiger partial charge in [0.05, 0.1) is 5.75 Å². The highest BCUT2D eigenvalue weighted by Gasteiger charge is 2.17. The van der Waals surface area contributed by atoms with E-state index in [1.807, 2.05) is 44.2 Å². The first-order chi connectivity index (χ1) is 11.4. The zero-order valence-electron chi connectivity index (χ0n) is 13.8. The Labute approximate surface area is 143 Å². The Bertz CT molecular complexity index is 789. The molecule has 0 aliphatic rings. The maximum absolute atomic E-state index is 12.4. The Hall–Kier alpha value is -2.34. The number of sulfonamides is 1. The van der Waals surface area contributed by atoms with Crippen molar-refractivity contribution in [3.05, 3.63) is 65.7 Å². The molecule has 2 aromatic carbocycles. The first-order valence-corrected chi connectivity index (χ1v) is 9.50. The molecule has 2 aromatic rings. The van der Waals surface area contributed by atoms with Crippen LogP contribution in [0.25, 0.3) is 0 Å². The van der Waals surface area contributed by atoms with Crippen LogP contribution in [0.15, 0.2) is 54.6 Å². The Kier molecular flexibility index (Phi) is 5.98. The molecule has 0 bridgehead atoms. The molecule has 0 fully saturated rings. The zero-order chi connectivity index (χ0) is 17.6. The third-order valence-corrected chi connectivity index (χ3v) is 5.06. The summed E-state index contributed by atoms with van der Waals surface area (Å²) in [6.07, 6.45) is 0. The number of carbonyl (C=O) groups is 1. The molecular formula is C18H22N2O3S. The lowest BCUT2D eigenvalue weighted by atomic mass is 10.0. The van der Waals surface area contributed by atoms with E-state index in [9.17, 15) is 13.2 Å². The summed E-state index contributed by atoms with van der Waals surface area (Å²) >= 11 is 0. The van der Waals surface area contributed by atoms with Crippen molar-refractivity contribution in [3.8, 4) is 0 Å². The largest absolute Gasteiger partial charge is 0.352 e. The van der Waals surface area contributed by atoms with E-state index in [1.54, 1.807) is 18.2 Å². The van der Waals surface area contributed by atoms with Gasteiger partial charge in [0.15, 0.2) is 0 Å². The monoisotopic (exact) mass is 346 g/mol. The van der Waals surface area contributed by atoms with Gasteiger partial charge in [0.25, 0.3) is 5.91 Å². The van der Waals surface area contributed by atoms with E-state index >= 15 is 0 Å². The van der Waals surface area contributed by atoms with Gasteiger partial charge in [-0.1, -0.05) is 43.3 Å². The van der Waals surface area contributed by atoms with Crippen molar-refractivity contribution in [2.24, 2.45) is 0 Å². The van der Waals surface area contributed by atoms with Gasteiger partial charge in [-0.2, -0.15) is 0 Å². The van der Waals surface area contributed by atoms with Crippen molar-refractivity contribution in [3.63, 3.8) is 0 Å². The molecule has 0 aromatic heterocycles. The molecule has 6 heteroatoms. The predicted molar refractivity (Wildman–Crippen MR) is 96.7 cm³/mol. The molecule has 0 spiro atoms. The molecule has 1 amide bonds. The number of anilines is 1. The molecule has 0 radical (unpaired) electrons. The lowest BCUT2D eigenvalue weighted by Crippen LogP contribution is -2.23. The Morgan fingerprint density at radius 3 is 2.46 bits per heavy atom. The minimum Gasteiger partial charge on any atom is -0.352 e. The van der Waals surface area contributed by atoms with Crippen LogP contribution in [0.3, 0.4) is 0 Å². The molecule has 2 rings (SSSR count). The molecule has 24 heavy (non-hydrogen) atoms. The minimum absolute atomic E-state index is 0.0254. The standard InChI is InChI=1S/C18H22N2O3S/c1-3-19-18(21)16-10-7-11-17(12-16)20-24(22,23)13-14(2)15-8-5-4-6-9-15/h4-12,14,20H,3,13H2,1-2H3,(H,19,21)/t14-/m1/s1. The van der Waals surface area contributed by atoms with Crippen molar-refractivity contribution >= 4 is 21.6 Å². The molecule has 0 unspecified atom stereocenters. The Morgan fingerprint density at radius 2 is 1.79 bits per heavy atom. The van der Waals surface area contributed by atoms with Crippen molar-refractivity contribution in [2.45, 2.75) is 19.8 Å². The number of benzene rings is 2. The van der Waals surface area contributed by atoms with Crippen LogP contribution < -0.4 is 10.0 Å². The highest BCUT2D eigenvalue weighted by molar-refractivity contribution is 7.92. The van der Waals surface area contributed by atoms with Crippen LogP contribution in [-0.4, -0.2) is 26.6 Å². The Morgan fingerprint density at radius 1 is 1.08 bits per heavy atom. The van der Waals surface area contributed by atoms with Gasteiger partial charge in [0.2, 0.25) is 10.0 Å². The van der Waals surface area contributed by atoms with Gasteiger partial charge in [0, 0.05) is 17.8 Å². The summed E-state index contributed by atoms with van der Waals surface area (Å²) in [5.41, 5.74) is 1.78. The maximum Gasteiger partial charge on any atom is 0.251 e. The highest BCUT2D eigenvalue weighted by Crippen LogP contribution is 2.19. The summed E-state index contributed by atoms with van der Waals surface area (Å²) < 4.78 is 27.3. The number of hydrogen-bond donors (Lipinski definition) is 2. The number of nitrogens with one attached hydrogen (secondary N) is 2. The molecule has 1 atom stereocenters. The summed E-state index contributed by atoms with van der Waals surface area (Å²) in [5.74, 6) is -0.381. The molecule has 128 valence electrons. The van der Waals surface area contributed by atoms with Crippen molar-refractivity contribution < 1.29 is 13.2 Å². The molecule has 2 N–H and O–H groups in total. The number of hydrogen-bond acceptors (Lipinski definition) is 3. The fourth-order valence-corrected chi connectivity index (χ4v) is 3.83. The van der Waals surface area contributed by atoms with Crippen LogP contribution in [0.4, 0.5) is 5.69 Å². The van der Waals surface area contributed by atoms with E-state index in [0.717, 1.165) is 5.56 Å². The zero-order valence-corrected chi connectivity index (χ0v) is 14.6. The third-order valence-electron chi connectivity index (χ3n) is 3.57. The quantitative estimate of drug-likeness (QED) is 0.809. The van der Waals surface area contributed by atoms with Crippen molar-refractivity contribution in [2.75, 3.05) is 17.0 Å². The molecule has 0 saturated carbocycles. The van der Waals surface area contributed by atoms with Gasteiger partial charge in [-0.3, -0.25) is 9.52 Å². The van der Waals surface area contributed by atoms with Gasteiger partial charge in [-0.15, -0.1) is 0 Å². The van der Waals surface area contributed by atoms with Crippen LogP contribution >= 0.6 is 0 Å². The third kappa shape index (κ3) is 5.09. The van der Waals surface area contributed by atoms with Gasteiger partial charge in [0.1, 0.15) is 0 Å². The molecule has 0 aliphatic carbocycles. The van der Waals surface area contributed by atoms with E-state index in [4.69, 9.17) is 0 Å². The van der Waals surface area contributed by atoms with Crippen LogP contribution in [0.2, 0.25) is 0 Å². The maximum atomic E-state index is 12.4.